The van der Waals surface area contributed by atoms with Gasteiger partial charge < -0.3 is 10.2 Å². The van der Waals surface area contributed by atoms with E-state index >= 15 is 0 Å². The van der Waals surface area contributed by atoms with E-state index in [1.165, 1.54) is 37.4 Å². The van der Waals surface area contributed by atoms with Gasteiger partial charge >= 0.3 is 0 Å². The molecule has 1 fully saturated rings. The highest BCUT2D eigenvalue weighted by Crippen LogP contribution is 2.31. The maximum atomic E-state index is 5.98. The van der Waals surface area contributed by atoms with Gasteiger partial charge in [-0.2, -0.15) is 0 Å². The summed E-state index contributed by atoms with van der Waals surface area (Å²) in [6, 6.07) is 2.09. The lowest BCUT2D eigenvalue weighted by Gasteiger charge is -2.14. The number of hydrogen-bond acceptors (Lipinski definition) is 3. The van der Waals surface area contributed by atoms with E-state index in [2.05, 4.69) is 32.2 Å². The van der Waals surface area contributed by atoms with Crippen molar-refractivity contribution in [2.45, 2.75) is 19.4 Å². The molecule has 16 heavy (non-hydrogen) atoms. The monoisotopic (exact) mass is 322 g/mol. The number of nitrogens with zero attached hydrogens (tertiary/aromatic N) is 1. The molecule has 0 radical (unpaired) electrons. The summed E-state index contributed by atoms with van der Waals surface area (Å²) in [6.45, 7) is 5.70. The fraction of sp³-hybridized carbons (Fsp3) is 0.636. The largest absolute Gasteiger partial charge is 0.311 e. The number of likely N-dealkylation sites (tertiary alicyclic amines) is 1. The second-order valence-corrected chi connectivity index (χ2v) is 6.65. The van der Waals surface area contributed by atoms with Crippen LogP contribution >= 0.6 is 38.9 Å². The minimum Gasteiger partial charge on any atom is -0.311 e. The molecule has 0 bridgehead atoms. The molecule has 0 atom stereocenters. The third-order valence-electron chi connectivity index (χ3n) is 2.80. The first-order chi connectivity index (χ1) is 7.75. The van der Waals surface area contributed by atoms with E-state index in [-0.39, 0.29) is 0 Å². The van der Waals surface area contributed by atoms with Crippen molar-refractivity contribution in [3.63, 3.8) is 0 Å². The highest BCUT2D eigenvalue weighted by molar-refractivity contribution is 9.10. The van der Waals surface area contributed by atoms with Crippen molar-refractivity contribution >= 4 is 38.9 Å². The lowest BCUT2D eigenvalue weighted by molar-refractivity contribution is 0.336. The molecular formula is C11H16BrClN2S. The van der Waals surface area contributed by atoms with Crippen molar-refractivity contribution in [2.75, 3.05) is 26.2 Å². The van der Waals surface area contributed by atoms with Gasteiger partial charge in [-0.15, -0.1) is 11.3 Å². The first-order valence-corrected chi connectivity index (χ1v) is 7.61. The van der Waals surface area contributed by atoms with E-state index < -0.39 is 0 Å². The van der Waals surface area contributed by atoms with E-state index in [1.807, 2.05) is 0 Å². The topological polar surface area (TPSA) is 15.3 Å². The van der Waals surface area contributed by atoms with Crippen LogP contribution in [0.5, 0.6) is 0 Å². The number of hydrogen-bond donors (Lipinski definition) is 1. The molecule has 1 aromatic heterocycles. The zero-order chi connectivity index (χ0) is 11.4. The minimum atomic E-state index is 0.844. The van der Waals surface area contributed by atoms with Gasteiger partial charge in [0.25, 0.3) is 0 Å². The fourth-order valence-electron chi connectivity index (χ4n) is 1.93. The quantitative estimate of drug-likeness (QED) is 0.836. The Labute approximate surface area is 114 Å². The van der Waals surface area contributed by atoms with E-state index in [9.17, 15) is 0 Å². The molecule has 1 N–H and O–H groups in total. The minimum absolute atomic E-state index is 0.844. The molecule has 5 heteroatoms. The van der Waals surface area contributed by atoms with Gasteiger partial charge in [0.1, 0.15) is 4.34 Å². The Morgan fingerprint density at radius 3 is 2.81 bits per heavy atom. The highest BCUT2D eigenvalue weighted by Gasteiger charge is 2.10. The summed E-state index contributed by atoms with van der Waals surface area (Å²) in [5.74, 6) is 0. The normalized spacial score (nSPS) is 17.1. The molecule has 2 rings (SSSR count). The van der Waals surface area contributed by atoms with Crippen LogP contribution in [0.4, 0.5) is 0 Å². The molecule has 1 aliphatic rings. The number of nitrogens with one attached hydrogen (secondary N) is 1. The molecule has 0 spiro atoms. The molecular weight excluding hydrogens is 308 g/mol. The summed E-state index contributed by atoms with van der Waals surface area (Å²) in [5, 5.41) is 3.46. The lowest BCUT2D eigenvalue weighted by Crippen LogP contribution is -2.29. The molecule has 0 aromatic carbocycles. The molecule has 90 valence electrons. The third-order valence-corrected chi connectivity index (χ3v) is 5.27. The zero-order valence-corrected chi connectivity index (χ0v) is 12.3. The van der Waals surface area contributed by atoms with Crippen molar-refractivity contribution < 1.29 is 0 Å². The van der Waals surface area contributed by atoms with Gasteiger partial charge in [-0.1, -0.05) is 11.6 Å². The van der Waals surface area contributed by atoms with Crippen LogP contribution < -0.4 is 5.32 Å². The summed E-state index contributed by atoms with van der Waals surface area (Å²) in [6.07, 6.45) is 2.74. The first-order valence-electron chi connectivity index (χ1n) is 5.62. The third kappa shape index (κ3) is 3.70. The van der Waals surface area contributed by atoms with Crippen LogP contribution in [-0.4, -0.2) is 31.1 Å². The van der Waals surface area contributed by atoms with Crippen molar-refractivity contribution in [1.29, 1.82) is 0 Å². The summed E-state index contributed by atoms with van der Waals surface area (Å²) in [4.78, 5) is 3.81. The van der Waals surface area contributed by atoms with Crippen LogP contribution in [0.15, 0.2) is 10.5 Å². The van der Waals surface area contributed by atoms with Crippen molar-refractivity contribution in [2.24, 2.45) is 0 Å². The Bertz CT molecular complexity index is 317. The van der Waals surface area contributed by atoms with Gasteiger partial charge in [0, 0.05) is 29.0 Å². The van der Waals surface area contributed by atoms with Crippen LogP contribution in [0.1, 0.15) is 17.7 Å². The van der Waals surface area contributed by atoms with Gasteiger partial charge in [0.15, 0.2) is 0 Å². The van der Waals surface area contributed by atoms with Crippen LogP contribution in [0, 0.1) is 0 Å². The first kappa shape index (κ1) is 12.8. The summed E-state index contributed by atoms with van der Waals surface area (Å²) in [7, 11) is 0. The predicted molar refractivity (Wildman–Crippen MR) is 74.4 cm³/mol. The fourth-order valence-corrected chi connectivity index (χ4v) is 3.69. The SMILES string of the molecule is Clc1sc(CNCCN2CCCC2)cc1Br. The molecule has 1 saturated heterocycles. The van der Waals surface area contributed by atoms with E-state index in [1.54, 1.807) is 11.3 Å². The van der Waals surface area contributed by atoms with E-state index in [0.29, 0.717) is 0 Å². The van der Waals surface area contributed by atoms with Crippen LogP contribution in [0.2, 0.25) is 4.34 Å². The summed E-state index contributed by atoms with van der Waals surface area (Å²) < 4.78 is 1.85. The second kappa shape index (κ2) is 6.36. The Kier molecular flexibility index (Phi) is 5.10. The van der Waals surface area contributed by atoms with Crippen molar-refractivity contribution in [3.8, 4) is 0 Å². The van der Waals surface area contributed by atoms with Gasteiger partial charge in [0.05, 0.1) is 0 Å². The van der Waals surface area contributed by atoms with Crippen molar-refractivity contribution in [3.05, 3.63) is 19.8 Å². The van der Waals surface area contributed by atoms with Crippen molar-refractivity contribution in [1.82, 2.24) is 10.2 Å². The Morgan fingerprint density at radius 1 is 1.44 bits per heavy atom. The second-order valence-electron chi connectivity index (χ2n) is 4.06. The maximum Gasteiger partial charge on any atom is 0.107 e. The molecule has 0 aliphatic carbocycles. The average molecular weight is 324 g/mol. The van der Waals surface area contributed by atoms with Gasteiger partial charge in [-0.05, 0) is 47.9 Å². The number of rotatable bonds is 5. The van der Waals surface area contributed by atoms with Gasteiger partial charge in [0.2, 0.25) is 0 Å². The summed E-state index contributed by atoms with van der Waals surface area (Å²) in [5.41, 5.74) is 0. The average Bonchev–Trinajstić information content (AvgIpc) is 2.85. The number of thiophene rings is 1. The Morgan fingerprint density at radius 2 is 2.19 bits per heavy atom. The molecule has 0 unspecified atom stereocenters. The molecule has 2 nitrogen and oxygen atoms in total. The smallest absolute Gasteiger partial charge is 0.107 e. The van der Waals surface area contributed by atoms with Crippen LogP contribution in [-0.2, 0) is 6.54 Å². The van der Waals surface area contributed by atoms with E-state index in [0.717, 1.165) is 21.9 Å². The lowest BCUT2D eigenvalue weighted by atomic mass is 10.4. The van der Waals surface area contributed by atoms with Gasteiger partial charge in [-0.3, -0.25) is 0 Å². The number of halogens is 2. The van der Waals surface area contributed by atoms with Crippen LogP contribution in [0.3, 0.4) is 0 Å². The maximum absolute atomic E-state index is 5.98. The highest BCUT2D eigenvalue weighted by atomic mass is 79.9. The summed E-state index contributed by atoms with van der Waals surface area (Å²) >= 11 is 11.0. The molecule has 0 saturated carbocycles. The Balaban J connectivity index is 1.64. The zero-order valence-electron chi connectivity index (χ0n) is 9.14. The standard InChI is InChI=1S/C11H16BrClN2S/c12-10-7-9(16-11(10)13)8-14-3-6-15-4-1-2-5-15/h7,14H,1-6,8H2. The molecule has 0 amide bonds. The molecule has 1 aliphatic heterocycles. The van der Waals surface area contributed by atoms with Crippen LogP contribution in [0.25, 0.3) is 0 Å². The molecule has 1 aromatic rings. The predicted octanol–water partition coefficient (Wildman–Crippen LogP) is 3.35. The molecule has 2 heterocycles. The van der Waals surface area contributed by atoms with E-state index in [4.69, 9.17) is 11.6 Å². The Hall–Kier alpha value is 0.390. The van der Waals surface area contributed by atoms with Gasteiger partial charge in [-0.25, -0.2) is 0 Å².